The summed E-state index contributed by atoms with van der Waals surface area (Å²) in [5.41, 5.74) is 4.35. The highest BCUT2D eigenvalue weighted by atomic mass is 15.1. The van der Waals surface area contributed by atoms with E-state index in [2.05, 4.69) is 39.1 Å². The van der Waals surface area contributed by atoms with Crippen molar-refractivity contribution in [1.82, 2.24) is 14.9 Å². The van der Waals surface area contributed by atoms with E-state index in [0.29, 0.717) is 12.1 Å². The van der Waals surface area contributed by atoms with Crippen molar-refractivity contribution in [2.24, 2.45) is 0 Å². The molecule has 1 fully saturated rings. The summed E-state index contributed by atoms with van der Waals surface area (Å²) in [4.78, 5) is 4.31. The molecule has 20 heavy (non-hydrogen) atoms. The summed E-state index contributed by atoms with van der Waals surface area (Å²) < 4.78 is 2.35. The van der Waals surface area contributed by atoms with Crippen molar-refractivity contribution in [3.8, 4) is 0 Å². The molecule has 1 unspecified atom stereocenters. The monoisotopic (exact) mass is 267 g/mol. The molecular formula is C17H21N3. The summed E-state index contributed by atoms with van der Waals surface area (Å²) in [6, 6.07) is 10.1. The Morgan fingerprint density at radius 2 is 2.10 bits per heavy atom. The molecule has 3 nitrogen and oxygen atoms in total. The van der Waals surface area contributed by atoms with E-state index in [9.17, 15) is 0 Å². The lowest BCUT2D eigenvalue weighted by Gasteiger charge is -2.26. The van der Waals surface area contributed by atoms with E-state index in [1.54, 1.807) is 0 Å². The second-order valence-electron chi connectivity index (χ2n) is 6.05. The van der Waals surface area contributed by atoms with Crippen LogP contribution in [-0.2, 0) is 13.0 Å². The molecule has 0 spiro atoms. The van der Waals surface area contributed by atoms with E-state index in [4.69, 9.17) is 0 Å². The van der Waals surface area contributed by atoms with Crippen molar-refractivity contribution in [1.29, 1.82) is 0 Å². The first-order valence-corrected chi connectivity index (χ1v) is 7.74. The highest BCUT2D eigenvalue weighted by Gasteiger charge is 2.25. The highest BCUT2D eigenvalue weighted by Crippen LogP contribution is 2.36. The molecule has 0 saturated heterocycles. The molecule has 3 heteroatoms. The van der Waals surface area contributed by atoms with Crippen molar-refractivity contribution < 1.29 is 0 Å². The second kappa shape index (κ2) is 5.06. The molecule has 1 heterocycles. The molecule has 104 valence electrons. The van der Waals surface area contributed by atoms with Gasteiger partial charge in [-0.3, -0.25) is 0 Å². The lowest BCUT2D eigenvalue weighted by Crippen LogP contribution is -2.25. The number of aryl methyl sites for hydroxylation is 1. The maximum absolute atomic E-state index is 4.31. The van der Waals surface area contributed by atoms with Gasteiger partial charge in [0.25, 0.3) is 0 Å². The lowest BCUT2D eigenvalue weighted by molar-refractivity contribution is 0.450. The van der Waals surface area contributed by atoms with Gasteiger partial charge in [-0.15, -0.1) is 0 Å². The molecular weight excluding hydrogens is 246 g/mol. The Morgan fingerprint density at radius 3 is 3.00 bits per heavy atom. The van der Waals surface area contributed by atoms with Crippen molar-refractivity contribution in [2.45, 2.75) is 50.7 Å². The van der Waals surface area contributed by atoms with Crippen molar-refractivity contribution in [3.05, 3.63) is 53.6 Å². The van der Waals surface area contributed by atoms with Crippen LogP contribution in [0.4, 0.5) is 0 Å². The topological polar surface area (TPSA) is 29.9 Å². The van der Waals surface area contributed by atoms with Crippen molar-refractivity contribution in [2.75, 3.05) is 0 Å². The summed E-state index contributed by atoms with van der Waals surface area (Å²) in [5.74, 6) is 0. The van der Waals surface area contributed by atoms with E-state index in [0.717, 1.165) is 6.54 Å². The van der Waals surface area contributed by atoms with Crippen LogP contribution in [0.2, 0.25) is 0 Å². The van der Waals surface area contributed by atoms with Crippen LogP contribution >= 0.6 is 0 Å². The third-order valence-corrected chi connectivity index (χ3v) is 4.59. The van der Waals surface area contributed by atoms with Crippen LogP contribution in [0.15, 0.2) is 36.8 Å². The van der Waals surface area contributed by atoms with Gasteiger partial charge in [-0.1, -0.05) is 24.3 Å². The molecule has 0 bridgehead atoms. The Kier molecular flexibility index (Phi) is 3.07. The van der Waals surface area contributed by atoms with Gasteiger partial charge in [-0.05, 0) is 43.2 Å². The number of rotatable bonds is 4. The quantitative estimate of drug-likeness (QED) is 0.920. The highest BCUT2D eigenvalue weighted by molar-refractivity contribution is 5.32. The minimum atomic E-state index is 0.502. The van der Waals surface area contributed by atoms with Crippen molar-refractivity contribution in [3.63, 3.8) is 0 Å². The molecule has 1 atom stereocenters. The summed E-state index contributed by atoms with van der Waals surface area (Å²) in [5, 5.41) is 3.74. The third-order valence-electron chi connectivity index (χ3n) is 4.59. The minimum absolute atomic E-state index is 0.502. The Labute approximate surface area is 120 Å². The fourth-order valence-electron chi connectivity index (χ4n) is 3.34. The Balaban J connectivity index is 1.48. The molecule has 2 aliphatic carbocycles. The van der Waals surface area contributed by atoms with Gasteiger partial charge < -0.3 is 9.88 Å². The van der Waals surface area contributed by atoms with E-state index in [1.807, 2.05) is 12.5 Å². The summed E-state index contributed by atoms with van der Waals surface area (Å²) in [7, 11) is 0. The van der Waals surface area contributed by atoms with Gasteiger partial charge in [0, 0.05) is 24.8 Å². The zero-order valence-corrected chi connectivity index (χ0v) is 11.8. The summed E-state index contributed by atoms with van der Waals surface area (Å²) >= 11 is 0. The predicted octanol–water partition coefficient (Wildman–Crippen LogP) is 3.39. The molecule has 1 N–H and O–H groups in total. The van der Waals surface area contributed by atoms with Crippen LogP contribution in [0, 0.1) is 0 Å². The van der Waals surface area contributed by atoms with E-state index in [1.165, 1.54) is 48.9 Å². The number of hydrogen-bond acceptors (Lipinski definition) is 2. The lowest BCUT2D eigenvalue weighted by atomic mass is 9.88. The first-order valence-electron chi connectivity index (χ1n) is 7.74. The first-order chi connectivity index (χ1) is 9.92. The second-order valence-corrected chi connectivity index (χ2v) is 6.05. The maximum atomic E-state index is 4.31. The Hall–Kier alpha value is -1.61. The third kappa shape index (κ3) is 2.27. The smallest absolute Gasteiger partial charge is 0.0951 e. The number of fused-ring (bicyclic) bond motifs is 1. The Bertz CT molecular complexity index is 598. The normalized spacial score (nSPS) is 21.7. The molecule has 0 amide bonds. The van der Waals surface area contributed by atoms with Gasteiger partial charge in [0.1, 0.15) is 0 Å². The molecule has 0 radical (unpaired) electrons. The molecule has 2 aromatic rings. The van der Waals surface area contributed by atoms with E-state index in [-0.39, 0.29) is 0 Å². The number of nitrogens with one attached hydrogen (secondary N) is 1. The largest absolute Gasteiger partial charge is 0.330 e. The summed E-state index contributed by atoms with van der Waals surface area (Å²) in [6.45, 7) is 0.926. The van der Waals surface area contributed by atoms with Crippen LogP contribution in [0.3, 0.4) is 0 Å². The van der Waals surface area contributed by atoms with Gasteiger partial charge in [-0.25, -0.2) is 4.98 Å². The fraction of sp³-hybridized carbons (Fsp3) is 0.471. The van der Waals surface area contributed by atoms with Crippen LogP contribution < -0.4 is 5.32 Å². The predicted molar refractivity (Wildman–Crippen MR) is 79.5 cm³/mol. The van der Waals surface area contributed by atoms with E-state index < -0.39 is 0 Å². The Morgan fingerprint density at radius 1 is 1.20 bits per heavy atom. The average molecular weight is 267 g/mol. The SMILES string of the molecule is c1ccc2c(c1)CCCC2NCc1cncn1C1CC1. The number of imidazole rings is 1. The first kappa shape index (κ1) is 12.2. The van der Waals surface area contributed by atoms with Gasteiger partial charge >= 0.3 is 0 Å². The molecule has 0 aliphatic heterocycles. The van der Waals surface area contributed by atoms with E-state index >= 15 is 0 Å². The molecule has 1 saturated carbocycles. The zero-order chi connectivity index (χ0) is 13.4. The summed E-state index contributed by atoms with van der Waals surface area (Å²) in [6.07, 6.45) is 10.4. The van der Waals surface area contributed by atoms with Crippen LogP contribution in [0.1, 0.15) is 54.6 Å². The number of nitrogens with zero attached hydrogens (tertiary/aromatic N) is 2. The standard InChI is InChI=1S/C17H21N3/c1-2-6-16-13(4-1)5-3-7-17(16)19-11-15-10-18-12-20(15)14-8-9-14/h1-2,4,6,10,12,14,17,19H,3,5,7-9,11H2. The van der Waals surface area contributed by atoms with Gasteiger partial charge in [0.05, 0.1) is 12.0 Å². The minimum Gasteiger partial charge on any atom is -0.330 e. The number of hydrogen-bond donors (Lipinski definition) is 1. The number of aromatic nitrogens is 2. The van der Waals surface area contributed by atoms with Crippen LogP contribution in [0.5, 0.6) is 0 Å². The van der Waals surface area contributed by atoms with Crippen molar-refractivity contribution >= 4 is 0 Å². The van der Waals surface area contributed by atoms with Gasteiger partial charge in [-0.2, -0.15) is 0 Å². The number of benzene rings is 1. The molecule has 1 aromatic heterocycles. The van der Waals surface area contributed by atoms with Crippen LogP contribution in [0.25, 0.3) is 0 Å². The average Bonchev–Trinajstić information content (AvgIpc) is 3.24. The van der Waals surface area contributed by atoms with Gasteiger partial charge in [0.15, 0.2) is 0 Å². The molecule has 2 aliphatic rings. The van der Waals surface area contributed by atoms with Gasteiger partial charge in [0.2, 0.25) is 0 Å². The zero-order valence-electron chi connectivity index (χ0n) is 11.8. The molecule has 4 rings (SSSR count). The molecule has 1 aromatic carbocycles. The fourth-order valence-corrected chi connectivity index (χ4v) is 3.34. The van der Waals surface area contributed by atoms with Crippen LogP contribution in [-0.4, -0.2) is 9.55 Å². The maximum Gasteiger partial charge on any atom is 0.0951 e.